The number of benzene rings is 1. The highest BCUT2D eigenvalue weighted by Gasteiger charge is 2.43. The Labute approximate surface area is 204 Å². The topological polar surface area (TPSA) is 164 Å². The fourth-order valence-corrected chi connectivity index (χ4v) is 4.24. The SMILES string of the molecule is CC1N=C(N)NC=C1c1ccc(C2(C(N)=NC(=O)c3ccc(NCC(C)(C)O)nn3)CCC2)cc1. The van der Waals surface area contributed by atoms with Gasteiger partial charge in [-0.1, -0.05) is 30.7 Å². The number of hydrogen-bond donors (Lipinski definition) is 5. The first-order valence-electron chi connectivity index (χ1n) is 11.7. The Morgan fingerprint density at radius 1 is 1.23 bits per heavy atom. The summed E-state index contributed by atoms with van der Waals surface area (Å²) in [6.07, 6.45) is 4.53. The van der Waals surface area contributed by atoms with Crippen molar-refractivity contribution in [3.05, 3.63) is 59.4 Å². The Bertz CT molecular complexity index is 1170. The summed E-state index contributed by atoms with van der Waals surface area (Å²) >= 11 is 0. The van der Waals surface area contributed by atoms with E-state index in [0.717, 1.165) is 36.0 Å². The maximum absolute atomic E-state index is 12.8. The molecule has 184 valence electrons. The molecule has 1 amide bonds. The van der Waals surface area contributed by atoms with Crippen LogP contribution in [0.4, 0.5) is 5.82 Å². The van der Waals surface area contributed by atoms with Gasteiger partial charge in [0.1, 0.15) is 11.7 Å². The summed E-state index contributed by atoms with van der Waals surface area (Å²) in [5.74, 6) is 0.623. The summed E-state index contributed by atoms with van der Waals surface area (Å²) in [4.78, 5) is 21.3. The smallest absolute Gasteiger partial charge is 0.299 e. The molecule has 1 aromatic carbocycles. The minimum Gasteiger partial charge on any atom is -0.389 e. The lowest BCUT2D eigenvalue weighted by atomic mass is 9.63. The molecule has 0 radical (unpaired) electrons. The normalized spacial score (nSPS) is 19.7. The van der Waals surface area contributed by atoms with Crippen molar-refractivity contribution in [3.63, 3.8) is 0 Å². The summed E-state index contributed by atoms with van der Waals surface area (Å²) in [6, 6.07) is 11.3. The van der Waals surface area contributed by atoms with E-state index in [9.17, 15) is 9.90 Å². The van der Waals surface area contributed by atoms with Gasteiger partial charge in [-0.2, -0.15) is 4.99 Å². The van der Waals surface area contributed by atoms with E-state index in [1.165, 1.54) is 0 Å². The molecule has 35 heavy (non-hydrogen) atoms. The maximum atomic E-state index is 12.8. The molecule has 10 nitrogen and oxygen atoms in total. The number of amides is 1. The number of nitrogens with one attached hydrogen (secondary N) is 2. The lowest BCUT2D eigenvalue weighted by Crippen LogP contribution is -2.47. The second kappa shape index (κ2) is 9.46. The van der Waals surface area contributed by atoms with Crippen LogP contribution in [0, 0.1) is 0 Å². The molecule has 1 aromatic heterocycles. The molecule has 0 bridgehead atoms. The molecule has 1 atom stereocenters. The number of aliphatic hydroxyl groups is 1. The number of amidine groups is 1. The Morgan fingerprint density at radius 3 is 2.49 bits per heavy atom. The highest BCUT2D eigenvalue weighted by molar-refractivity contribution is 6.05. The van der Waals surface area contributed by atoms with Gasteiger partial charge in [-0.15, -0.1) is 10.2 Å². The quantitative estimate of drug-likeness (QED) is 0.299. The first-order chi connectivity index (χ1) is 16.6. The monoisotopic (exact) mass is 476 g/mol. The standard InChI is InChI=1S/C25H32N8O2/c1-15-18(13-28-23(27)30-15)16-5-7-17(8-6-16)25(11-4-12-25)22(26)31-21(34)19-9-10-20(33-32-19)29-14-24(2,3)35/h5-10,13,15,35H,4,11-12,14H2,1-3H3,(H,29,33)(H2,26,31,34)(H3,27,28,30). The first-order valence-corrected chi connectivity index (χ1v) is 11.7. The number of guanidine groups is 1. The fourth-order valence-electron chi connectivity index (χ4n) is 4.24. The summed E-state index contributed by atoms with van der Waals surface area (Å²) in [7, 11) is 0. The molecular weight excluding hydrogens is 444 g/mol. The van der Waals surface area contributed by atoms with Crippen LogP contribution < -0.4 is 22.1 Å². The van der Waals surface area contributed by atoms with Crippen molar-refractivity contribution in [2.45, 2.75) is 57.1 Å². The van der Waals surface area contributed by atoms with E-state index >= 15 is 0 Å². The molecule has 2 heterocycles. The largest absolute Gasteiger partial charge is 0.389 e. The summed E-state index contributed by atoms with van der Waals surface area (Å²) in [5, 5.41) is 23.7. The summed E-state index contributed by atoms with van der Waals surface area (Å²) in [5.41, 5.74) is 14.0. The van der Waals surface area contributed by atoms with Gasteiger partial charge in [-0.05, 0) is 62.4 Å². The van der Waals surface area contributed by atoms with Crippen LogP contribution in [0.2, 0.25) is 0 Å². The average molecular weight is 477 g/mol. The van der Waals surface area contributed by atoms with Gasteiger partial charge in [0.25, 0.3) is 5.91 Å². The minimum atomic E-state index is -0.894. The number of hydrogen-bond acceptors (Lipinski definition) is 8. The van der Waals surface area contributed by atoms with E-state index in [-0.39, 0.29) is 17.6 Å². The second-order valence-corrected chi connectivity index (χ2v) is 9.72. The van der Waals surface area contributed by atoms with Gasteiger partial charge in [0, 0.05) is 12.7 Å². The number of anilines is 1. The van der Waals surface area contributed by atoms with Gasteiger partial charge in [0.05, 0.1) is 17.1 Å². The maximum Gasteiger partial charge on any atom is 0.299 e. The third-order valence-corrected chi connectivity index (χ3v) is 6.43. The molecule has 7 N–H and O–H groups in total. The van der Waals surface area contributed by atoms with Crippen LogP contribution in [-0.2, 0) is 5.41 Å². The van der Waals surface area contributed by atoms with E-state index in [2.05, 4.69) is 30.8 Å². The molecule has 2 aliphatic rings. The van der Waals surface area contributed by atoms with Crippen LogP contribution in [0.15, 0.2) is 52.6 Å². The zero-order valence-corrected chi connectivity index (χ0v) is 20.2. The van der Waals surface area contributed by atoms with Crippen molar-refractivity contribution in [2.75, 3.05) is 11.9 Å². The van der Waals surface area contributed by atoms with Crippen LogP contribution in [0.1, 0.15) is 61.6 Å². The van der Waals surface area contributed by atoms with Gasteiger partial charge in [0.2, 0.25) is 0 Å². The number of carbonyl (C=O) groups excluding carboxylic acids is 1. The minimum absolute atomic E-state index is 0.0400. The van der Waals surface area contributed by atoms with E-state index < -0.39 is 16.9 Å². The molecule has 2 aromatic rings. The molecule has 10 heteroatoms. The lowest BCUT2D eigenvalue weighted by molar-refractivity contribution is 0.0942. The number of aliphatic imine (C=N–C) groups is 2. The highest BCUT2D eigenvalue weighted by Crippen LogP contribution is 2.44. The lowest BCUT2D eigenvalue weighted by Gasteiger charge is -2.41. The van der Waals surface area contributed by atoms with Gasteiger partial charge < -0.3 is 27.2 Å². The first kappa shape index (κ1) is 24.3. The summed E-state index contributed by atoms with van der Waals surface area (Å²) < 4.78 is 0. The molecule has 1 saturated carbocycles. The van der Waals surface area contributed by atoms with E-state index in [1.54, 1.807) is 26.0 Å². The molecule has 0 saturated heterocycles. The van der Waals surface area contributed by atoms with Gasteiger partial charge in [-0.25, -0.2) is 4.99 Å². The van der Waals surface area contributed by atoms with Crippen LogP contribution in [0.5, 0.6) is 0 Å². The molecule has 1 unspecified atom stereocenters. The van der Waals surface area contributed by atoms with Crippen LogP contribution >= 0.6 is 0 Å². The van der Waals surface area contributed by atoms with Gasteiger partial charge in [-0.3, -0.25) is 4.79 Å². The Morgan fingerprint density at radius 2 is 1.94 bits per heavy atom. The van der Waals surface area contributed by atoms with E-state index in [0.29, 0.717) is 18.3 Å². The Kier molecular flexibility index (Phi) is 6.58. The van der Waals surface area contributed by atoms with Gasteiger partial charge >= 0.3 is 0 Å². The second-order valence-electron chi connectivity index (χ2n) is 9.72. The van der Waals surface area contributed by atoms with Crippen LogP contribution in [-0.4, -0.2) is 51.2 Å². The zero-order chi connectivity index (χ0) is 25.2. The summed E-state index contributed by atoms with van der Waals surface area (Å²) in [6.45, 7) is 5.66. The van der Waals surface area contributed by atoms with Crippen molar-refractivity contribution in [1.82, 2.24) is 15.5 Å². The van der Waals surface area contributed by atoms with Crippen molar-refractivity contribution in [1.29, 1.82) is 0 Å². The van der Waals surface area contributed by atoms with Crippen LogP contribution in [0.25, 0.3) is 5.57 Å². The zero-order valence-electron chi connectivity index (χ0n) is 20.2. The van der Waals surface area contributed by atoms with E-state index in [1.807, 2.05) is 37.4 Å². The average Bonchev–Trinajstić information content (AvgIpc) is 2.77. The molecule has 1 aliphatic heterocycles. The molecule has 0 spiro atoms. The molecule has 1 aliphatic carbocycles. The third kappa shape index (κ3) is 5.32. The van der Waals surface area contributed by atoms with Crippen molar-refractivity contribution in [3.8, 4) is 0 Å². The number of carbonyl (C=O) groups is 1. The van der Waals surface area contributed by atoms with Crippen molar-refractivity contribution >= 4 is 29.1 Å². The van der Waals surface area contributed by atoms with Crippen molar-refractivity contribution in [2.24, 2.45) is 21.5 Å². The predicted molar refractivity (Wildman–Crippen MR) is 137 cm³/mol. The van der Waals surface area contributed by atoms with Crippen LogP contribution in [0.3, 0.4) is 0 Å². The Hall–Kier alpha value is -3.79. The number of aromatic nitrogens is 2. The fraction of sp³-hybridized carbons (Fsp3) is 0.400. The highest BCUT2D eigenvalue weighted by atomic mass is 16.3. The molecule has 4 rings (SSSR count). The number of nitrogens with zero attached hydrogens (tertiary/aromatic N) is 4. The number of rotatable bonds is 7. The molecule has 1 fully saturated rings. The third-order valence-electron chi connectivity index (χ3n) is 6.43. The van der Waals surface area contributed by atoms with Crippen molar-refractivity contribution < 1.29 is 9.90 Å². The van der Waals surface area contributed by atoms with Gasteiger partial charge in [0.15, 0.2) is 11.7 Å². The number of nitrogens with two attached hydrogens (primary N) is 2. The Balaban J connectivity index is 1.49. The predicted octanol–water partition coefficient (Wildman–Crippen LogP) is 1.93. The van der Waals surface area contributed by atoms with E-state index in [4.69, 9.17) is 11.5 Å². The molecular formula is C25H32N8O2.